The Morgan fingerprint density at radius 3 is 2.92 bits per heavy atom. The fourth-order valence-corrected chi connectivity index (χ4v) is 3.36. The molecule has 5 nitrogen and oxygen atoms in total. The predicted molar refractivity (Wildman–Crippen MR) is 103 cm³/mol. The number of benzene rings is 2. The van der Waals surface area contributed by atoms with E-state index in [0.29, 0.717) is 6.61 Å². The molecule has 0 radical (unpaired) electrons. The van der Waals surface area contributed by atoms with E-state index in [1.165, 1.54) is 22.3 Å². The van der Waals surface area contributed by atoms with Gasteiger partial charge in [0.2, 0.25) is 0 Å². The minimum absolute atomic E-state index is 0.666. The number of hydrogen-bond donors (Lipinski definition) is 2. The molecule has 4 rings (SSSR count). The Labute approximate surface area is 153 Å². The van der Waals surface area contributed by atoms with E-state index in [4.69, 9.17) is 9.47 Å². The Kier molecular flexibility index (Phi) is 4.63. The standard InChI is InChI=1S/C21H23N3O2/c1-14-5-3-6-16(11-14)22-21-19-13-15-12-17(26-10-4-9-25-2)7-8-18(15)20(19)23-24-21/h3,5-8,11-12H,4,9-10,13H2,1-2H3,(H2,22,23,24). The number of H-pyrrole nitrogens is 1. The van der Waals surface area contributed by atoms with Crippen molar-refractivity contribution >= 4 is 11.5 Å². The molecule has 0 atom stereocenters. The minimum Gasteiger partial charge on any atom is -0.493 e. The summed E-state index contributed by atoms with van der Waals surface area (Å²) < 4.78 is 10.9. The summed E-state index contributed by atoms with van der Waals surface area (Å²) in [6.45, 7) is 3.47. The molecule has 0 unspecified atom stereocenters. The van der Waals surface area contributed by atoms with Gasteiger partial charge >= 0.3 is 0 Å². The van der Waals surface area contributed by atoms with E-state index in [1.54, 1.807) is 7.11 Å². The first kappa shape index (κ1) is 16.7. The second kappa shape index (κ2) is 7.22. The van der Waals surface area contributed by atoms with E-state index in [1.807, 2.05) is 12.1 Å². The zero-order valence-electron chi connectivity index (χ0n) is 15.1. The number of rotatable bonds is 7. The lowest BCUT2D eigenvalue weighted by Crippen LogP contribution is -2.01. The normalized spacial score (nSPS) is 11.9. The second-order valence-corrected chi connectivity index (χ2v) is 6.61. The molecule has 0 saturated heterocycles. The van der Waals surface area contributed by atoms with Gasteiger partial charge in [-0.05, 0) is 48.4 Å². The molecule has 0 amide bonds. The van der Waals surface area contributed by atoms with E-state index in [9.17, 15) is 0 Å². The van der Waals surface area contributed by atoms with Crippen molar-refractivity contribution in [1.29, 1.82) is 0 Å². The van der Waals surface area contributed by atoms with Crippen LogP contribution in [0, 0.1) is 6.92 Å². The SMILES string of the molecule is COCCCOc1ccc2c(c1)Cc1c(Nc3cccc(C)c3)n[nH]c1-2. The Bertz CT molecular complexity index is 917. The maximum Gasteiger partial charge on any atom is 0.156 e. The fourth-order valence-electron chi connectivity index (χ4n) is 3.36. The largest absolute Gasteiger partial charge is 0.493 e. The van der Waals surface area contributed by atoms with Crippen molar-refractivity contribution in [2.75, 3.05) is 25.6 Å². The van der Waals surface area contributed by atoms with Gasteiger partial charge in [-0.1, -0.05) is 12.1 Å². The summed E-state index contributed by atoms with van der Waals surface area (Å²) in [5.74, 6) is 1.80. The fraction of sp³-hybridized carbons (Fsp3) is 0.286. The molecule has 1 aliphatic carbocycles. The maximum absolute atomic E-state index is 5.83. The predicted octanol–water partition coefficient (Wildman–Crippen LogP) is 4.45. The summed E-state index contributed by atoms with van der Waals surface area (Å²) in [6, 6.07) is 14.6. The van der Waals surface area contributed by atoms with Crippen molar-refractivity contribution < 1.29 is 9.47 Å². The summed E-state index contributed by atoms with van der Waals surface area (Å²) in [4.78, 5) is 0. The van der Waals surface area contributed by atoms with Crippen LogP contribution in [-0.2, 0) is 11.2 Å². The Morgan fingerprint density at radius 1 is 1.15 bits per heavy atom. The summed E-state index contributed by atoms with van der Waals surface area (Å²) >= 11 is 0. The number of aromatic amines is 1. The lowest BCUT2D eigenvalue weighted by molar-refractivity contribution is 0.172. The van der Waals surface area contributed by atoms with Gasteiger partial charge in [-0.2, -0.15) is 5.10 Å². The molecule has 1 aromatic heterocycles. The number of hydrogen-bond acceptors (Lipinski definition) is 4. The molecule has 1 aliphatic rings. The lowest BCUT2D eigenvalue weighted by Gasteiger charge is -2.08. The van der Waals surface area contributed by atoms with Crippen LogP contribution in [0.25, 0.3) is 11.3 Å². The minimum atomic E-state index is 0.666. The van der Waals surface area contributed by atoms with Gasteiger partial charge in [-0.25, -0.2) is 0 Å². The number of aromatic nitrogens is 2. The van der Waals surface area contributed by atoms with Crippen LogP contribution in [0.1, 0.15) is 23.1 Å². The van der Waals surface area contributed by atoms with Crippen molar-refractivity contribution in [3.8, 4) is 17.0 Å². The van der Waals surface area contributed by atoms with Gasteiger partial charge in [-0.3, -0.25) is 5.10 Å². The monoisotopic (exact) mass is 349 g/mol. The average molecular weight is 349 g/mol. The van der Waals surface area contributed by atoms with Crippen LogP contribution < -0.4 is 10.1 Å². The van der Waals surface area contributed by atoms with E-state index >= 15 is 0 Å². The first-order valence-corrected chi connectivity index (χ1v) is 8.90. The molecule has 1 heterocycles. The number of anilines is 2. The molecule has 0 saturated carbocycles. The van der Waals surface area contributed by atoms with Crippen LogP contribution in [0.5, 0.6) is 5.75 Å². The zero-order chi connectivity index (χ0) is 17.9. The third-order valence-electron chi connectivity index (χ3n) is 4.62. The molecule has 26 heavy (non-hydrogen) atoms. The van der Waals surface area contributed by atoms with Crippen molar-refractivity contribution in [2.24, 2.45) is 0 Å². The van der Waals surface area contributed by atoms with Gasteiger partial charge in [0, 0.05) is 43.4 Å². The van der Waals surface area contributed by atoms with E-state index < -0.39 is 0 Å². The number of methoxy groups -OCH3 is 1. The molecule has 0 bridgehead atoms. The van der Waals surface area contributed by atoms with Crippen LogP contribution in [0.15, 0.2) is 42.5 Å². The summed E-state index contributed by atoms with van der Waals surface area (Å²) in [5.41, 5.74) is 7.05. The molecule has 2 aromatic carbocycles. The molecular formula is C21H23N3O2. The molecule has 0 aliphatic heterocycles. The summed E-state index contributed by atoms with van der Waals surface area (Å²) in [5, 5.41) is 11.1. The van der Waals surface area contributed by atoms with Crippen LogP contribution >= 0.6 is 0 Å². The number of nitrogens with zero attached hydrogens (tertiary/aromatic N) is 1. The second-order valence-electron chi connectivity index (χ2n) is 6.61. The van der Waals surface area contributed by atoms with Crippen LogP contribution in [0.2, 0.25) is 0 Å². The highest BCUT2D eigenvalue weighted by molar-refractivity contribution is 5.80. The highest BCUT2D eigenvalue weighted by atomic mass is 16.5. The smallest absolute Gasteiger partial charge is 0.156 e. The van der Waals surface area contributed by atoms with Crippen molar-refractivity contribution in [1.82, 2.24) is 10.2 Å². The van der Waals surface area contributed by atoms with E-state index in [-0.39, 0.29) is 0 Å². The quantitative estimate of drug-likeness (QED) is 0.484. The topological polar surface area (TPSA) is 59.2 Å². The number of ether oxygens (including phenoxy) is 2. The van der Waals surface area contributed by atoms with Gasteiger partial charge in [0.25, 0.3) is 0 Å². The van der Waals surface area contributed by atoms with Crippen LogP contribution in [0.4, 0.5) is 11.5 Å². The van der Waals surface area contributed by atoms with Gasteiger partial charge in [0.15, 0.2) is 5.82 Å². The van der Waals surface area contributed by atoms with E-state index in [0.717, 1.165) is 42.4 Å². The highest BCUT2D eigenvalue weighted by Gasteiger charge is 2.25. The molecule has 5 heteroatoms. The van der Waals surface area contributed by atoms with Crippen molar-refractivity contribution in [3.63, 3.8) is 0 Å². The molecule has 134 valence electrons. The van der Waals surface area contributed by atoms with Crippen LogP contribution in [0.3, 0.4) is 0 Å². The van der Waals surface area contributed by atoms with Gasteiger partial charge in [-0.15, -0.1) is 0 Å². The zero-order valence-corrected chi connectivity index (χ0v) is 15.1. The van der Waals surface area contributed by atoms with Crippen LogP contribution in [-0.4, -0.2) is 30.5 Å². The van der Waals surface area contributed by atoms with E-state index in [2.05, 4.69) is 52.8 Å². The third kappa shape index (κ3) is 3.30. The summed E-state index contributed by atoms with van der Waals surface area (Å²) in [6.07, 6.45) is 1.74. The average Bonchev–Trinajstić information content (AvgIpc) is 3.18. The molecular weight excluding hydrogens is 326 g/mol. The van der Waals surface area contributed by atoms with Gasteiger partial charge in [0.1, 0.15) is 5.75 Å². The Hall–Kier alpha value is -2.79. The maximum atomic E-state index is 5.83. The lowest BCUT2D eigenvalue weighted by atomic mass is 10.1. The molecule has 2 N–H and O–H groups in total. The Morgan fingerprint density at radius 2 is 2.08 bits per heavy atom. The van der Waals surface area contributed by atoms with Gasteiger partial charge < -0.3 is 14.8 Å². The summed E-state index contributed by atoms with van der Waals surface area (Å²) in [7, 11) is 1.71. The highest BCUT2D eigenvalue weighted by Crippen LogP contribution is 2.40. The number of fused-ring (bicyclic) bond motifs is 3. The number of nitrogens with one attached hydrogen (secondary N) is 2. The molecule has 0 spiro atoms. The molecule has 3 aromatic rings. The first-order valence-electron chi connectivity index (χ1n) is 8.90. The van der Waals surface area contributed by atoms with Crippen molar-refractivity contribution in [2.45, 2.75) is 19.8 Å². The molecule has 0 fully saturated rings. The van der Waals surface area contributed by atoms with Crippen molar-refractivity contribution in [3.05, 3.63) is 59.2 Å². The third-order valence-corrected chi connectivity index (χ3v) is 4.62. The Balaban J connectivity index is 1.50. The van der Waals surface area contributed by atoms with Gasteiger partial charge in [0.05, 0.1) is 12.3 Å². The number of aryl methyl sites for hydroxylation is 1. The first-order chi connectivity index (χ1) is 12.7.